The molecule has 0 bridgehead atoms. The Morgan fingerprint density at radius 2 is 1.93 bits per heavy atom. The average molecular weight is 399 g/mol. The molecule has 1 aromatic carbocycles. The second-order valence-corrected chi connectivity index (χ2v) is 7.16. The van der Waals surface area contributed by atoms with Crippen molar-refractivity contribution in [3.8, 4) is 10.6 Å². The van der Waals surface area contributed by atoms with Crippen LogP contribution in [0.1, 0.15) is 18.2 Å². The third-order valence-corrected chi connectivity index (χ3v) is 5.05. The first-order chi connectivity index (χ1) is 12.6. The number of carbonyl (C=O) groups is 2. The highest BCUT2D eigenvalue weighted by atomic mass is 32.1. The summed E-state index contributed by atoms with van der Waals surface area (Å²) in [6.45, 7) is 1.59. The number of rotatable bonds is 5. The van der Waals surface area contributed by atoms with E-state index in [1.54, 1.807) is 12.3 Å². The van der Waals surface area contributed by atoms with E-state index in [2.05, 4.69) is 10.3 Å². The smallest absolute Gasteiger partial charge is 0.382 e. The Balaban J connectivity index is 1.75. The molecule has 0 radical (unpaired) electrons. The third kappa shape index (κ3) is 3.81. The molecule has 6 nitrogen and oxygen atoms in total. The Morgan fingerprint density at radius 3 is 2.52 bits per heavy atom. The topological polar surface area (TPSA) is 71.5 Å². The number of methoxy groups -OCH3 is 1. The van der Waals surface area contributed by atoms with Crippen LogP contribution in [0, 0.1) is 0 Å². The fourth-order valence-corrected chi connectivity index (χ4v) is 3.57. The molecule has 27 heavy (non-hydrogen) atoms. The Hall–Kier alpha value is -2.46. The number of aromatic nitrogens is 1. The van der Waals surface area contributed by atoms with Crippen LogP contribution in [0.4, 0.5) is 18.0 Å². The van der Waals surface area contributed by atoms with Crippen LogP contribution >= 0.6 is 11.3 Å². The molecule has 0 spiro atoms. The number of halogens is 3. The summed E-state index contributed by atoms with van der Waals surface area (Å²) < 4.78 is 42.9. The van der Waals surface area contributed by atoms with Crippen LogP contribution in [0.15, 0.2) is 29.6 Å². The first kappa shape index (κ1) is 19.3. The quantitative estimate of drug-likeness (QED) is 0.784. The Bertz CT molecular complexity index is 866. The lowest BCUT2D eigenvalue weighted by Crippen LogP contribution is -2.47. The molecule has 0 saturated carbocycles. The van der Waals surface area contributed by atoms with E-state index in [4.69, 9.17) is 4.74 Å². The van der Waals surface area contributed by atoms with Crippen molar-refractivity contribution < 1.29 is 27.5 Å². The SMILES string of the molecule is COC[C@]1(C)NC(=O)N(Cc2csc(-c3ccc(C(F)(F)F)cc3)n2)C1=O. The van der Waals surface area contributed by atoms with Gasteiger partial charge in [0.05, 0.1) is 24.4 Å². The van der Waals surface area contributed by atoms with Crippen LogP contribution < -0.4 is 5.32 Å². The largest absolute Gasteiger partial charge is 0.416 e. The number of thiazole rings is 1. The number of alkyl halides is 3. The summed E-state index contributed by atoms with van der Waals surface area (Å²) in [7, 11) is 1.43. The maximum absolute atomic E-state index is 12.6. The van der Waals surface area contributed by atoms with E-state index in [0.717, 1.165) is 17.0 Å². The third-order valence-electron chi connectivity index (χ3n) is 4.11. The second-order valence-electron chi connectivity index (χ2n) is 6.31. The molecule has 1 aromatic heterocycles. The van der Waals surface area contributed by atoms with E-state index in [9.17, 15) is 22.8 Å². The monoisotopic (exact) mass is 399 g/mol. The molecule has 1 aliphatic heterocycles. The number of hydrogen-bond donors (Lipinski definition) is 1. The lowest BCUT2D eigenvalue weighted by molar-refractivity contribution is -0.137. The minimum Gasteiger partial charge on any atom is -0.382 e. The Labute approximate surface area is 157 Å². The van der Waals surface area contributed by atoms with E-state index in [-0.39, 0.29) is 13.2 Å². The standard InChI is InChI=1S/C17H16F3N3O3S/c1-16(9-26-2)14(24)23(15(25)22-16)7-12-8-27-13(21-12)10-3-5-11(6-4-10)17(18,19)20/h3-6,8H,7,9H2,1-2H3,(H,22,25)/t16-/m0/s1. The van der Waals surface area contributed by atoms with Gasteiger partial charge in [0.2, 0.25) is 0 Å². The van der Waals surface area contributed by atoms with Gasteiger partial charge in [-0.3, -0.25) is 9.69 Å². The highest BCUT2D eigenvalue weighted by molar-refractivity contribution is 7.13. The molecule has 2 heterocycles. The minimum atomic E-state index is -4.40. The number of hydrogen-bond acceptors (Lipinski definition) is 5. The molecular formula is C17H16F3N3O3S. The number of nitrogens with zero attached hydrogens (tertiary/aromatic N) is 2. The highest BCUT2D eigenvalue weighted by Gasteiger charge is 2.48. The van der Waals surface area contributed by atoms with Crippen LogP contribution in [0.2, 0.25) is 0 Å². The number of ether oxygens (including phenoxy) is 1. The molecule has 1 aliphatic rings. The molecule has 1 atom stereocenters. The fourth-order valence-electron chi connectivity index (χ4n) is 2.75. The van der Waals surface area contributed by atoms with Crippen molar-refractivity contribution >= 4 is 23.3 Å². The lowest BCUT2D eigenvalue weighted by Gasteiger charge is -2.20. The predicted molar refractivity (Wildman–Crippen MR) is 91.9 cm³/mol. The van der Waals surface area contributed by atoms with Crippen molar-refractivity contribution in [2.75, 3.05) is 13.7 Å². The summed E-state index contributed by atoms with van der Waals surface area (Å²) in [5.74, 6) is -0.418. The summed E-state index contributed by atoms with van der Waals surface area (Å²) in [4.78, 5) is 29.9. The van der Waals surface area contributed by atoms with Crippen molar-refractivity contribution in [1.82, 2.24) is 15.2 Å². The molecule has 0 unspecified atom stereocenters. The van der Waals surface area contributed by atoms with E-state index >= 15 is 0 Å². The van der Waals surface area contributed by atoms with Crippen molar-refractivity contribution in [1.29, 1.82) is 0 Å². The summed E-state index contributed by atoms with van der Waals surface area (Å²) in [5, 5.41) is 4.76. The van der Waals surface area contributed by atoms with E-state index in [1.807, 2.05) is 0 Å². The number of benzene rings is 1. The van der Waals surface area contributed by atoms with Gasteiger partial charge in [0, 0.05) is 18.1 Å². The van der Waals surface area contributed by atoms with Gasteiger partial charge in [-0.2, -0.15) is 13.2 Å². The molecule has 3 rings (SSSR count). The minimum absolute atomic E-state index is 0.0267. The lowest BCUT2D eigenvalue weighted by atomic mass is 10.0. The van der Waals surface area contributed by atoms with Crippen LogP contribution in [0.5, 0.6) is 0 Å². The number of nitrogens with one attached hydrogen (secondary N) is 1. The van der Waals surface area contributed by atoms with Gasteiger partial charge in [-0.1, -0.05) is 12.1 Å². The van der Waals surface area contributed by atoms with Gasteiger partial charge >= 0.3 is 12.2 Å². The van der Waals surface area contributed by atoms with Gasteiger partial charge in [-0.25, -0.2) is 9.78 Å². The maximum atomic E-state index is 12.6. The van der Waals surface area contributed by atoms with Gasteiger partial charge in [0.15, 0.2) is 0 Å². The summed E-state index contributed by atoms with van der Waals surface area (Å²) in [5.41, 5.74) is -0.862. The first-order valence-corrected chi connectivity index (χ1v) is 8.77. The van der Waals surface area contributed by atoms with Crippen LogP contribution in [0.3, 0.4) is 0 Å². The second kappa shape index (κ2) is 6.93. The molecule has 144 valence electrons. The molecule has 3 amide bonds. The summed E-state index contributed by atoms with van der Waals surface area (Å²) in [6.07, 6.45) is -4.40. The fraction of sp³-hybridized carbons (Fsp3) is 0.353. The van der Waals surface area contributed by atoms with Gasteiger partial charge in [-0.05, 0) is 19.1 Å². The summed E-state index contributed by atoms with van der Waals surface area (Å²) >= 11 is 1.23. The van der Waals surface area contributed by atoms with Gasteiger partial charge in [0.1, 0.15) is 10.5 Å². The highest BCUT2D eigenvalue weighted by Crippen LogP contribution is 2.32. The average Bonchev–Trinajstić information content (AvgIpc) is 3.14. The predicted octanol–water partition coefficient (Wildman–Crippen LogP) is 3.29. The van der Waals surface area contributed by atoms with E-state index in [1.165, 1.54) is 30.6 Å². The van der Waals surface area contributed by atoms with E-state index < -0.39 is 29.2 Å². The van der Waals surface area contributed by atoms with Gasteiger partial charge in [-0.15, -0.1) is 11.3 Å². The number of imide groups is 1. The number of carbonyl (C=O) groups excluding carboxylic acids is 2. The van der Waals surface area contributed by atoms with Crippen LogP contribution in [-0.4, -0.2) is 41.1 Å². The van der Waals surface area contributed by atoms with Gasteiger partial charge in [0.25, 0.3) is 5.91 Å². The zero-order chi connectivity index (χ0) is 19.8. The molecule has 1 N–H and O–H groups in total. The first-order valence-electron chi connectivity index (χ1n) is 7.89. The summed E-state index contributed by atoms with van der Waals surface area (Å²) in [6, 6.07) is 4.13. The maximum Gasteiger partial charge on any atom is 0.416 e. The normalized spacial score (nSPS) is 20.3. The molecule has 2 aromatic rings. The van der Waals surface area contributed by atoms with Gasteiger partial charge < -0.3 is 10.1 Å². The van der Waals surface area contributed by atoms with E-state index in [0.29, 0.717) is 16.3 Å². The number of urea groups is 1. The van der Waals surface area contributed by atoms with Crippen molar-refractivity contribution in [2.24, 2.45) is 0 Å². The molecule has 0 aliphatic carbocycles. The Kier molecular flexibility index (Phi) is 4.96. The molecular weight excluding hydrogens is 383 g/mol. The van der Waals surface area contributed by atoms with Crippen LogP contribution in [0.25, 0.3) is 10.6 Å². The van der Waals surface area contributed by atoms with Crippen LogP contribution in [-0.2, 0) is 22.3 Å². The Morgan fingerprint density at radius 1 is 1.26 bits per heavy atom. The zero-order valence-electron chi connectivity index (χ0n) is 14.5. The number of amides is 3. The van der Waals surface area contributed by atoms with Crippen molar-refractivity contribution in [2.45, 2.75) is 25.2 Å². The van der Waals surface area contributed by atoms with Crippen molar-refractivity contribution in [3.05, 3.63) is 40.9 Å². The van der Waals surface area contributed by atoms with Crippen molar-refractivity contribution in [3.63, 3.8) is 0 Å². The molecule has 10 heteroatoms. The molecule has 1 saturated heterocycles. The zero-order valence-corrected chi connectivity index (χ0v) is 15.3. The molecule has 1 fully saturated rings.